The van der Waals surface area contributed by atoms with E-state index in [1.54, 1.807) is 0 Å². The second-order valence-electron chi connectivity index (χ2n) is 6.32. The maximum Gasteiger partial charge on any atom is 0.279 e. The summed E-state index contributed by atoms with van der Waals surface area (Å²) in [6.45, 7) is 7.47. The van der Waals surface area contributed by atoms with E-state index in [4.69, 9.17) is 10.5 Å². The number of hydrogen-bond acceptors (Lipinski definition) is 4. The van der Waals surface area contributed by atoms with E-state index in [1.165, 1.54) is 9.87 Å². The van der Waals surface area contributed by atoms with E-state index in [1.807, 2.05) is 31.2 Å². The van der Waals surface area contributed by atoms with Gasteiger partial charge in [-0.3, -0.25) is 0 Å². The summed E-state index contributed by atoms with van der Waals surface area (Å²) in [7, 11) is -3.52. The predicted octanol–water partition coefficient (Wildman–Crippen LogP) is 1.36. The molecule has 1 aromatic carbocycles. The van der Waals surface area contributed by atoms with Gasteiger partial charge in [-0.1, -0.05) is 38.1 Å². The Hall–Kier alpha value is -0.990. The Morgan fingerprint density at radius 1 is 1.30 bits per heavy atom. The first-order valence-corrected chi connectivity index (χ1v) is 9.45. The molecule has 1 heterocycles. The normalized spacial score (nSPS) is 21.5. The highest BCUT2D eigenvalue weighted by Crippen LogP contribution is 2.18. The fraction of sp³-hybridized carbons (Fsp3) is 0.625. The van der Waals surface area contributed by atoms with Crippen molar-refractivity contribution < 1.29 is 13.2 Å². The lowest BCUT2D eigenvalue weighted by atomic mass is 9.99. The second kappa shape index (κ2) is 7.72. The van der Waals surface area contributed by atoms with Crippen molar-refractivity contribution in [2.24, 2.45) is 5.73 Å². The molecule has 1 aromatic rings. The van der Waals surface area contributed by atoms with Crippen LogP contribution in [0.1, 0.15) is 43.9 Å². The van der Waals surface area contributed by atoms with E-state index in [9.17, 15) is 8.42 Å². The fourth-order valence-electron chi connectivity index (χ4n) is 2.54. The molecular weight excluding hydrogens is 314 g/mol. The summed E-state index contributed by atoms with van der Waals surface area (Å²) >= 11 is 0. The van der Waals surface area contributed by atoms with Crippen molar-refractivity contribution >= 4 is 10.2 Å². The minimum Gasteiger partial charge on any atom is -0.376 e. The van der Waals surface area contributed by atoms with Gasteiger partial charge in [-0.15, -0.1) is 0 Å². The molecule has 2 rings (SSSR count). The number of morpholine rings is 1. The van der Waals surface area contributed by atoms with Gasteiger partial charge in [0.1, 0.15) is 0 Å². The molecule has 0 unspecified atom stereocenters. The van der Waals surface area contributed by atoms with Crippen LogP contribution in [0.3, 0.4) is 0 Å². The SMILES string of the molecule is CC(C)c1ccc([C@@H](N)CNS(=O)(=O)N2CCO[C@H](C)C2)cc1. The number of rotatable bonds is 6. The topological polar surface area (TPSA) is 84.7 Å². The molecule has 0 aliphatic carbocycles. The summed E-state index contributed by atoms with van der Waals surface area (Å²) < 4.78 is 34.0. The molecule has 0 radical (unpaired) electrons. The molecule has 130 valence electrons. The average molecular weight is 341 g/mol. The molecular formula is C16H27N3O3S. The number of benzene rings is 1. The lowest BCUT2D eigenvalue weighted by Gasteiger charge is -2.30. The number of nitrogens with two attached hydrogens (primary N) is 1. The summed E-state index contributed by atoms with van der Waals surface area (Å²) in [5.74, 6) is 0.460. The van der Waals surface area contributed by atoms with Gasteiger partial charge in [-0.25, -0.2) is 4.72 Å². The van der Waals surface area contributed by atoms with Crippen LogP contribution < -0.4 is 10.5 Å². The number of nitrogens with one attached hydrogen (secondary N) is 1. The van der Waals surface area contributed by atoms with Gasteiger partial charge < -0.3 is 10.5 Å². The zero-order chi connectivity index (χ0) is 17.0. The predicted molar refractivity (Wildman–Crippen MR) is 91.4 cm³/mol. The van der Waals surface area contributed by atoms with Crippen LogP contribution in [0.2, 0.25) is 0 Å². The summed E-state index contributed by atoms with van der Waals surface area (Å²) in [4.78, 5) is 0. The zero-order valence-electron chi connectivity index (χ0n) is 14.0. The Morgan fingerprint density at radius 3 is 2.48 bits per heavy atom. The van der Waals surface area contributed by atoms with E-state index in [-0.39, 0.29) is 18.7 Å². The maximum atomic E-state index is 12.3. The van der Waals surface area contributed by atoms with Gasteiger partial charge in [0.2, 0.25) is 0 Å². The van der Waals surface area contributed by atoms with Crippen molar-refractivity contribution in [3.05, 3.63) is 35.4 Å². The van der Waals surface area contributed by atoms with E-state index in [0.717, 1.165) is 5.56 Å². The molecule has 1 fully saturated rings. The second-order valence-corrected chi connectivity index (χ2v) is 8.08. The molecule has 0 bridgehead atoms. The van der Waals surface area contributed by atoms with E-state index in [2.05, 4.69) is 18.6 Å². The van der Waals surface area contributed by atoms with Crippen LogP contribution in [0.4, 0.5) is 0 Å². The highest BCUT2D eigenvalue weighted by molar-refractivity contribution is 7.87. The van der Waals surface area contributed by atoms with Crippen LogP contribution in [0.15, 0.2) is 24.3 Å². The minimum atomic E-state index is -3.52. The molecule has 1 aliphatic heterocycles. The summed E-state index contributed by atoms with van der Waals surface area (Å²) in [6, 6.07) is 7.64. The number of hydrogen-bond donors (Lipinski definition) is 2. The highest BCUT2D eigenvalue weighted by Gasteiger charge is 2.27. The van der Waals surface area contributed by atoms with E-state index >= 15 is 0 Å². The monoisotopic (exact) mass is 341 g/mol. The van der Waals surface area contributed by atoms with Gasteiger partial charge in [0, 0.05) is 25.7 Å². The Kier molecular flexibility index (Phi) is 6.16. The molecule has 1 saturated heterocycles. The summed E-state index contributed by atoms with van der Waals surface area (Å²) in [5, 5.41) is 0. The van der Waals surface area contributed by atoms with Crippen molar-refractivity contribution in [2.45, 2.75) is 38.8 Å². The minimum absolute atomic E-state index is 0.0856. The van der Waals surface area contributed by atoms with Crippen LogP contribution in [0.25, 0.3) is 0 Å². The third-order valence-corrected chi connectivity index (χ3v) is 5.60. The molecule has 2 atom stereocenters. The zero-order valence-corrected chi connectivity index (χ0v) is 14.8. The van der Waals surface area contributed by atoms with Crippen LogP contribution in [0.5, 0.6) is 0 Å². The molecule has 0 saturated carbocycles. The highest BCUT2D eigenvalue weighted by atomic mass is 32.2. The first-order chi connectivity index (χ1) is 10.8. The van der Waals surface area contributed by atoms with E-state index < -0.39 is 10.2 Å². The lowest BCUT2D eigenvalue weighted by molar-refractivity contribution is 0.00977. The average Bonchev–Trinajstić information content (AvgIpc) is 2.53. The van der Waals surface area contributed by atoms with Gasteiger partial charge >= 0.3 is 0 Å². The standard InChI is InChI=1S/C16H27N3O3S/c1-12(2)14-4-6-15(7-5-14)16(17)10-18-23(20,21)19-8-9-22-13(3)11-19/h4-7,12-13,16,18H,8-11,17H2,1-3H3/t13-,16+/m1/s1. The van der Waals surface area contributed by atoms with Gasteiger partial charge in [-0.2, -0.15) is 12.7 Å². The molecule has 6 nitrogen and oxygen atoms in total. The van der Waals surface area contributed by atoms with Crippen molar-refractivity contribution in [1.29, 1.82) is 0 Å². The smallest absolute Gasteiger partial charge is 0.279 e. The fourth-order valence-corrected chi connectivity index (χ4v) is 3.83. The van der Waals surface area contributed by atoms with Crippen LogP contribution in [0, 0.1) is 0 Å². The van der Waals surface area contributed by atoms with Gasteiger partial charge in [0.25, 0.3) is 10.2 Å². The van der Waals surface area contributed by atoms with Crippen molar-refractivity contribution in [3.8, 4) is 0 Å². The molecule has 0 amide bonds. The maximum absolute atomic E-state index is 12.3. The number of ether oxygens (including phenoxy) is 1. The largest absolute Gasteiger partial charge is 0.376 e. The molecule has 7 heteroatoms. The molecule has 0 aromatic heterocycles. The quantitative estimate of drug-likeness (QED) is 0.818. The van der Waals surface area contributed by atoms with Gasteiger partial charge in [0.15, 0.2) is 0 Å². The lowest BCUT2D eigenvalue weighted by Crippen LogP contribution is -2.50. The van der Waals surface area contributed by atoms with Crippen molar-refractivity contribution in [2.75, 3.05) is 26.2 Å². The molecule has 1 aliphatic rings. The number of nitrogens with zero attached hydrogens (tertiary/aromatic N) is 1. The summed E-state index contributed by atoms with van der Waals surface area (Å²) in [6.07, 6.45) is -0.0856. The van der Waals surface area contributed by atoms with Gasteiger partial charge in [-0.05, 0) is 24.0 Å². The van der Waals surface area contributed by atoms with E-state index in [0.29, 0.717) is 25.6 Å². The molecule has 3 N–H and O–H groups in total. The Labute approximate surface area is 139 Å². The Morgan fingerprint density at radius 2 is 1.91 bits per heavy atom. The Bertz CT molecular complexity index is 602. The molecule has 23 heavy (non-hydrogen) atoms. The first-order valence-electron chi connectivity index (χ1n) is 8.01. The summed E-state index contributed by atoms with van der Waals surface area (Å²) in [5.41, 5.74) is 8.28. The van der Waals surface area contributed by atoms with Crippen LogP contribution in [-0.2, 0) is 14.9 Å². The third kappa shape index (κ3) is 4.99. The van der Waals surface area contributed by atoms with Crippen LogP contribution in [-0.4, -0.2) is 45.1 Å². The first kappa shape index (κ1) is 18.4. The van der Waals surface area contributed by atoms with Crippen molar-refractivity contribution in [1.82, 2.24) is 9.03 Å². The third-order valence-electron chi connectivity index (χ3n) is 4.06. The molecule has 0 spiro atoms. The van der Waals surface area contributed by atoms with Crippen LogP contribution >= 0.6 is 0 Å². The van der Waals surface area contributed by atoms with Crippen molar-refractivity contribution in [3.63, 3.8) is 0 Å². The Balaban J connectivity index is 1.93. The van der Waals surface area contributed by atoms with Gasteiger partial charge in [0.05, 0.1) is 12.7 Å².